The van der Waals surface area contributed by atoms with Crippen molar-refractivity contribution in [1.82, 2.24) is 0 Å². The van der Waals surface area contributed by atoms with Crippen molar-refractivity contribution < 1.29 is 101 Å². The van der Waals surface area contributed by atoms with E-state index in [9.17, 15) is 77.2 Å². The Morgan fingerprint density at radius 3 is 0.578 bits per heavy atom. The van der Waals surface area contributed by atoms with Crippen LogP contribution in [0.15, 0.2) is 237 Å². The minimum Gasteiger partial charge on any atom is -0.497 e. The maximum atomic E-state index is 13.5. The summed E-state index contributed by atoms with van der Waals surface area (Å²) in [6.07, 6.45) is 0.00294. The monoisotopic (exact) mass is 2110 g/mol. The fourth-order valence-corrected chi connectivity index (χ4v) is 29.2. The van der Waals surface area contributed by atoms with Crippen LogP contribution in [0.4, 0.5) is 85.3 Å². The Labute approximate surface area is 861 Å². The molecule has 10 atom stereocenters. The zero-order chi connectivity index (χ0) is 106. The number of aliphatic hydroxyl groups is 5. The first-order chi connectivity index (χ1) is 69.9. The molecule has 0 spiro atoms. The van der Waals surface area contributed by atoms with Crippen molar-refractivity contribution in [1.29, 1.82) is 0 Å². The van der Waals surface area contributed by atoms with Crippen LogP contribution < -0.4 is 94.2 Å². The van der Waals surface area contributed by atoms with E-state index in [-0.39, 0.29) is 84.8 Å². The first-order valence-corrected chi connectivity index (χ1v) is 56.1. The smallest absolute Gasteiger partial charge is 0.264 e. The molecule has 788 valence electrons. The van der Waals surface area contributed by atoms with Gasteiger partial charge in [-0.3, -0.25) is 31.1 Å². The number of sulfonamides is 5. The number of nitrogens with zero attached hydrogens (tertiary/aromatic N) is 15. The number of β-amino-alcohol motifs (C(OH)–C–C–N with tert-alkyl or cyclic N) is 3. The van der Waals surface area contributed by atoms with Crippen LogP contribution in [0.5, 0.6) is 28.7 Å². The van der Waals surface area contributed by atoms with Crippen molar-refractivity contribution >= 4 is 147 Å². The summed E-state index contributed by atoms with van der Waals surface area (Å²) in [5, 5.41) is 48.5. The fourth-order valence-electron chi connectivity index (χ4n) is 20.9. The Bertz CT molecular complexity index is 6500. The Kier molecular flexibility index (Phi) is 31.6. The van der Waals surface area contributed by atoms with Crippen molar-refractivity contribution in [2.75, 3.05) is 226 Å². The molecule has 10 aromatic carbocycles. The van der Waals surface area contributed by atoms with Gasteiger partial charge in [0.25, 0.3) is 61.9 Å². The molecular formula is C105H131N15O22S5. The number of benzene rings is 10. The molecule has 5 fully saturated rings. The zero-order valence-electron chi connectivity index (χ0n) is 85.1. The van der Waals surface area contributed by atoms with Gasteiger partial charge in [-0.1, -0.05) is 0 Å². The molecule has 37 nitrogen and oxygen atoms in total. The summed E-state index contributed by atoms with van der Waals surface area (Å²) < 4.78 is 169. The number of hydrogen-bond acceptors (Lipinski definition) is 30. The number of ether oxygens (including phenoxy) is 5. The van der Waals surface area contributed by atoms with Crippen molar-refractivity contribution in [3.63, 3.8) is 0 Å². The molecule has 5 N–H and O–H groups in total. The Hall–Kier alpha value is -12.9. The van der Waals surface area contributed by atoms with Gasteiger partial charge in [0, 0.05) is 192 Å². The lowest BCUT2D eigenvalue weighted by Crippen LogP contribution is -2.49. The van der Waals surface area contributed by atoms with E-state index < -0.39 is 62.3 Å². The van der Waals surface area contributed by atoms with E-state index in [0.29, 0.717) is 147 Å². The molecule has 2 amide bonds. The lowest BCUT2D eigenvalue weighted by atomic mass is 10.1. The topological polar surface area (TPSA) is 401 Å². The summed E-state index contributed by atoms with van der Waals surface area (Å²) in [6, 6.07) is 59.2. The standard InChI is InChI=1S/2C21H25N3O5S.3C21H27N3O4S/c2*1-14-13-22(2)19-12-16(29-3)6-9-18(19)24(14)30(27,28)17-7-4-15(5-8-17)23-11-10-20(25)21(23)26;3*1-15-13-22(2)21-12-18(28-3)6-9-20(21)24(15)29(26,27)19-7-4-16(5-8-19)23-11-10-17(25)14-23/h2*4-9,12,14,20,25H,10-11,13H2,1-3H3;3*4-9,12,15,17,25H,10-11,13-14H2,1-3H3/t14?,20-;;2*15?,17-;/m1.10./s1. The van der Waals surface area contributed by atoms with Gasteiger partial charge in [-0.15, -0.1) is 0 Å². The molecule has 0 bridgehead atoms. The number of aliphatic hydroxyl groups excluding tert-OH is 5. The van der Waals surface area contributed by atoms with Gasteiger partial charge in [0.2, 0.25) is 0 Å². The third-order valence-electron chi connectivity index (χ3n) is 28.4. The van der Waals surface area contributed by atoms with Gasteiger partial charge in [-0.2, -0.15) is 0 Å². The largest absolute Gasteiger partial charge is 0.497 e. The van der Waals surface area contributed by atoms with Gasteiger partial charge < -0.3 is 98.2 Å². The quantitative estimate of drug-likeness (QED) is 0.0473. The number of anilines is 15. The second-order valence-corrected chi connectivity index (χ2v) is 47.7. The van der Waals surface area contributed by atoms with E-state index in [1.54, 1.807) is 157 Å². The van der Waals surface area contributed by atoms with Crippen LogP contribution in [-0.2, 0) is 59.7 Å². The minimum absolute atomic E-state index is 0.150. The molecule has 20 rings (SSSR count). The van der Waals surface area contributed by atoms with Crippen LogP contribution in [0.25, 0.3) is 0 Å². The number of fused-ring (bicyclic) bond motifs is 5. The van der Waals surface area contributed by atoms with Crippen molar-refractivity contribution in [3.8, 4) is 28.7 Å². The molecular weight excluding hydrogens is 1980 g/mol. The molecule has 10 aliphatic heterocycles. The molecule has 10 aromatic rings. The molecule has 0 aromatic heterocycles. The summed E-state index contributed by atoms with van der Waals surface area (Å²) in [4.78, 5) is 44.5. The highest BCUT2D eigenvalue weighted by Crippen LogP contribution is 2.48. The lowest BCUT2D eigenvalue weighted by molar-refractivity contribution is -0.124. The number of methoxy groups -OCH3 is 5. The first kappa shape index (κ1) is 107. The average molecular weight is 2120 g/mol. The number of hydrogen-bond donors (Lipinski definition) is 5. The molecule has 7 unspecified atom stereocenters. The predicted octanol–water partition coefficient (Wildman–Crippen LogP) is 10.6. The average Bonchev–Trinajstić information content (AvgIpc) is 1.66. The zero-order valence-corrected chi connectivity index (χ0v) is 89.2. The summed E-state index contributed by atoms with van der Waals surface area (Å²) in [5.41, 5.74) is 11.1. The maximum Gasteiger partial charge on any atom is 0.264 e. The van der Waals surface area contributed by atoms with Gasteiger partial charge in [-0.25, -0.2) is 42.1 Å². The number of carbonyl (C=O) groups excluding carboxylic acids is 2. The second-order valence-electron chi connectivity index (χ2n) is 38.6. The van der Waals surface area contributed by atoms with Gasteiger partial charge in [-0.05, 0) is 236 Å². The highest BCUT2D eigenvalue weighted by Gasteiger charge is 2.45. The van der Waals surface area contributed by atoms with Crippen LogP contribution >= 0.6 is 0 Å². The van der Waals surface area contributed by atoms with E-state index in [1.807, 2.05) is 146 Å². The third kappa shape index (κ3) is 21.6. The molecule has 0 radical (unpaired) electrons. The van der Waals surface area contributed by atoms with Gasteiger partial charge >= 0.3 is 0 Å². The van der Waals surface area contributed by atoms with Crippen molar-refractivity contribution in [2.45, 2.75) is 152 Å². The normalized spacial score (nSPS) is 21.9. The van der Waals surface area contributed by atoms with Crippen LogP contribution in [0.3, 0.4) is 0 Å². The molecule has 147 heavy (non-hydrogen) atoms. The van der Waals surface area contributed by atoms with Crippen molar-refractivity contribution in [2.24, 2.45) is 0 Å². The van der Waals surface area contributed by atoms with E-state index in [0.717, 1.165) is 84.4 Å². The molecule has 0 aliphatic carbocycles. The first-order valence-electron chi connectivity index (χ1n) is 48.9. The summed E-state index contributed by atoms with van der Waals surface area (Å²) in [6.45, 7) is 17.2. The summed E-state index contributed by atoms with van der Waals surface area (Å²) in [7, 11) is -1.13. The van der Waals surface area contributed by atoms with E-state index in [4.69, 9.17) is 23.7 Å². The van der Waals surface area contributed by atoms with E-state index in [1.165, 1.54) is 55.6 Å². The maximum absolute atomic E-state index is 13.5. The number of rotatable bonds is 20. The highest BCUT2D eigenvalue weighted by atomic mass is 32.2. The molecule has 0 saturated carbocycles. The lowest BCUT2D eigenvalue weighted by Gasteiger charge is -2.41. The Balaban J connectivity index is 0.000000131. The number of carbonyl (C=O) groups is 2. The Morgan fingerprint density at radius 1 is 0.238 bits per heavy atom. The number of amides is 2. The van der Waals surface area contributed by atoms with Crippen LogP contribution in [0.2, 0.25) is 0 Å². The molecule has 42 heteroatoms. The summed E-state index contributed by atoms with van der Waals surface area (Å²) in [5.74, 6) is 2.69. The van der Waals surface area contributed by atoms with Crippen LogP contribution in [0.1, 0.15) is 66.7 Å². The molecule has 5 saturated heterocycles. The molecule has 10 aliphatic rings. The van der Waals surface area contributed by atoms with Gasteiger partial charge in [0.05, 0.1) is 165 Å². The van der Waals surface area contributed by atoms with Gasteiger partial charge in [0.1, 0.15) is 41.0 Å². The minimum atomic E-state index is -3.82. The fraction of sp³-hybridized carbons (Fsp3) is 0.410. The SMILES string of the molecule is COc1ccc2c(c1)N(C)CC(C)N2S(=O)(=O)c1ccc(N2CCC(O)C2)cc1.COc1ccc2c(c1)N(C)CC(C)N2S(=O)(=O)c1ccc(N2CCC(O)C2=O)cc1.COc1ccc2c(c1)N(C)CC(C)N2S(=O)(=O)c1ccc(N2CC[C@@H](O)C2)cc1.COc1ccc2c(c1)N(C)CC(C)N2S(=O)(=O)c1ccc(N2CC[C@@H](O)C2=O)cc1.COc1ccc2c(c1)N(C)CC(C)N2S(=O)(=O)c1ccc(N2CC[C@H](O)C2)cc1. The van der Waals surface area contributed by atoms with E-state index in [2.05, 4.69) is 29.4 Å². The summed E-state index contributed by atoms with van der Waals surface area (Å²) >= 11 is 0. The highest BCUT2D eigenvalue weighted by molar-refractivity contribution is 7.94. The van der Waals surface area contributed by atoms with Gasteiger partial charge in [0.15, 0.2) is 0 Å². The molecule has 10 heterocycles. The van der Waals surface area contributed by atoms with E-state index >= 15 is 0 Å². The van der Waals surface area contributed by atoms with Crippen LogP contribution in [0, 0.1) is 0 Å². The van der Waals surface area contributed by atoms with Crippen molar-refractivity contribution in [3.05, 3.63) is 212 Å². The second kappa shape index (κ2) is 43.5. The number of likely N-dealkylation sites (N-methyl/N-ethyl adjacent to an activating group) is 5. The van der Waals surface area contributed by atoms with Crippen LogP contribution in [-0.4, -0.2) is 296 Å². The third-order valence-corrected chi connectivity index (χ3v) is 38.1. The Morgan fingerprint density at radius 2 is 0.422 bits per heavy atom. The predicted molar refractivity (Wildman–Crippen MR) is 574 cm³/mol.